The Morgan fingerprint density at radius 3 is 2.29 bits per heavy atom. The maximum atomic E-state index is 13.7. The van der Waals surface area contributed by atoms with E-state index < -0.39 is 0 Å². The number of rotatable bonds is 7. The number of unbranched alkanes of at least 4 members (excludes halogenated alkanes) is 2. The molecule has 4 aliphatic rings. The number of fused-ring (bicyclic) bond motifs is 1. The van der Waals surface area contributed by atoms with Crippen LogP contribution in [0.2, 0.25) is 0 Å². The number of carbonyl (C=O) groups is 1. The first-order valence-electron chi connectivity index (χ1n) is 13.6. The fraction of sp³-hybridized carbons (Fsp3) is 0.484. The van der Waals surface area contributed by atoms with Gasteiger partial charge in [-0.1, -0.05) is 62.2 Å². The monoisotopic (exact) mass is 468 g/mol. The lowest BCUT2D eigenvalue weighted by molar-refractivity contribution is -0.0167. The minimum Gasteiger partial charge on any atom is -0.346 e. The molecule has 7 rings (SSSR count). The molecule has 1 N–H and O–H groups in total. The lowest BCUT2D eigenvalue weighted by atomic mass is 9.53. The van der Waals surface area contributed by atoms with Crippen LogP contribution in [0, 0.1) is 17.8 Å². The van der Waals surface area contributed by atoms with E-state index in [1.165, 1.54) is 19.3 Å². The molecule has 1 amide bonds. The van der Waals surface area contributed by atoms with E-state index in [9.17, 15) is 9.59 Å². The SMILES string of the molecule is CCCCCn1cc(C(=O)NC23CC4CC(CC(C4)C2)C3)c(=O)c2cccc(-c3ccccc3)c21. The number of para-hydroxylation sites is 1. The normalized spacial score (nSPS) is 26.8. The zero-order valence-corrected chi connectivity index (χ0v) is 20.8. The average molecular weight is 469 g/mol. The van der Waals surface area contributed by atoms with Crippen molar-refractivity contribution in [3.63, 3.8) is 0 Å². The zero-order valence-electron chi connectivity index (χ0n) is 20.8. The number of hydrogen-bond donors (Lipinski definition) is 1. The van der Waals surface area contributed by atoms with Gasteiger partial charge in [0.2, 0.25) is 5.43 Å². The van der Waals surface area contributed by atoms with Crippen LogP contribution in [-0.2, 0) is 6.54 Å². The Labute approximate surface area is 207 Å². The molecular weight excluding hydrogens is 432 g/mol. The van der Waals surface area contributed by atoms with Crippen LogP contribution in [0.3, 0.4) is 0 Å². The van der Waals surface area contributed by atoms with Gasteiger partial charge in [-0.3, -0.25) is 9.59 Å². The van der Waals surface area contributed by atoms with E-state index in [4.69, 9.17) is 0 Å². The Hall–Kier alpha value is -2.88. The molecule has 182 valence electrons. The Balaban J connectivity index is 1.41. The smallest absolute Gasteiger partial charge is 0.257 e. The van der Waals surface area contributed by atoms with E-state index in [1.807, 2.05) is 36.5 Å². The summed E-state index contributed by atoms with van der Waals surface area (Å²) < 4.78 is 2.17. The van der Waals surface area contributed by atoms with Gasteiger partial charge in [-0.05, 0) is 74.3 Å². The first-order chi connectivity index (χ1) is 17.0. The summed E-state index contributed by atoms with van der Waals surface area (Å²) in [4.78, 5) is 27.5. The number of aromatic nitrogens is 1. The third-order valence-corrected chi connectivity index (χ3v) is 8.85. The fourth-order valence-corrected chi connectivity index (χ4v) is 7.75. The van der Waals surface area contributed by atoms with Gasteiger partial charge < -0.3 is 9.88 Å². The highest BCUT2D eigenvalue weighted by atomic mass is 16.2. The summed E-state index contributed by atoms with van der Waals surface area (Å²) in [6, 6.07) is 16.2. The number of amides is 1. The van der Waals surface area contributed by atoms with Crippen molar-refractivity contribution in [3.05, 3.63) is 70.5 Å². The van der Waals surface area contributed by atoms with Crippen molar-refractivity contribution >= 4 is 16.8 Å². The van der Waals surface area contributed by atoms with Crippen LogP contribution in [0.1, 0.15) is 75.1 Å². The standard InChI is InChI=1S/C31H36N2O2/c1-2-3-7-13-33-20-27(30(35)32-31-17-21-14-22(18-31)16-23(15-21)19-31)29(34)26-12-8-11-25(28(26)33)24-9-5-4-6-10-24/h4-6,8-12,20-23H,2-3,7,13-19H2,1H3,(H,32,35). The summed E-state index contributed by atoms with van der Waals surface area (Å²) in [7, 11) is 0. The summed E-state index contributed by atoms with van der Waals surface area (Å²) in [5.74, 6) is 2.07. The molecule has 4 fully saturated rings. The molecule has 1 aromatic heterocycles. The van der Waals surface area contributed by atoms with Gasteiger partial charge in [0.1, 0.15) is 5.56 Å². The molecule has 0 unspecified atom stereocenters. The molecule has 4 heteroatoms. The van der Waals surface area contributed by atoms with Crippen LogP contribution in [0.4, 0.5) is 0 Å². The van der Waals surface area contributed by atoms with Crippen molar-refractivity contribution in [2.24, 2.45) is 17.8 Å². The largest absolute Gasteiger partial charge is 0.346 e. The Morgan fingerprint density at radius 2 is 1.63 bits per heavy atom. The van der Waals surface area contributed by atoms with Gasteiger partial charge >= 0.3 is 0 Å². The summed E-state index contributed by atoms with van der Waals surface area (Å²) in [6.45, 7) is 3.00. The Bertz CT molecular complexity index is 1270. The third kappa shape index (κ3) is 4.11. The van der Waals surface area contributed by atoms with E-state index in [0.29, 0.717) is 10.9 Å². The van der Waals surface area contributed by atoms with Crippen molar-refractivity contribution in [2.45, 2.75) is 76.8 Å². The van der Waals surface area contributed by atoms with Gasteiger partial charge in [0.15, 0.2) is 0 Å². The third-order valence-electron chi connectivity index (χ3n) is 8.85. The van der Waals surface area contributed by atoms with E-state index in [-0.39, 0.29) is 16.9 Å². The Kier molecular flexibility index (Phi) is 5.78. The van der Waals surface area contributed by atoms with Crippen molar-refractivity contribution in [1.29, 1.82) is 0 Å². The van der Waals surface area contributed by atoms with E-state index in [2.05, 4.69) is 35.0 Å². The van der Waals surface area contributed by atoms with Crippen LogP contribution in [-0.4, -0.2) is 16.0 Å². The van der Waals surface area contributed by atoms with Gasteiger partial charge in [0.05, 0.1) is 5.52 Å². The Morgan fingerprint density at radius 1 is 0.943 bits per heavy atom. The second kappa shape index (κ2) is 8.96. The second-order valence-corrected chi connectivity index (χ2v) is 11.5. The number of carbonyl (C=O) groups excluding carboxylic acids is 1. The first-order valence-corrected chi connectivity index (χ1v) is 13.6. The molecular formula is C31H36N2O2. The van der Waals surface area contributed by atoms with Crippen LogP contribution in [0.15, 0.2) is 59.5 Å². The highest BCUT2D eigenvalue weighted by Gasteiger charge is 2.51. The molecule has 0 aliphatic heterocycles. The number of benzene rings is 2. The lowest BCUT2D eigenvalue weighted by Crippen LogP contribution is -2.60. The van der Waals surface area contributed by atoms with Gasteiger partial charge in [0, 0.05) is 29.2 Å². The first kappa shape index (κ1) is 22.6. The molecule has 4 saturated carbocycles. The number of nitrogens with one attached hydrogen (secondary N) is 1. The van der Waals surface area contributed by atoms with Gasteiger partial charge in [0.25, 0.3) is 5.91 Å². The topological polar surface area (TPSA) is 51.1 Å². The zero-order chi connectivity index (χ0) is 24.0. The van der Waals surface area contributed by atoms with Gasteiger partial charge in [-0.2, -0.15) is 0 Å². The molecule has 1 heterocycles. The maximum Gasteiger partial charge on any atom is 0.257 e. The number of hydrogen-bond acceptors (Lipinski definition) is 2. The van der Waals surface area contributed by atoms with Crippen LogP contribution in [0.5, 0.6) is 0 Å². The maximum absolute atomic E-state index is 13.7. The van der Waals surface area contributed by atoms with Crippen LogP contribution >= 0.6 is 0 Å². The van der Waals surface area contributed by atoms with Crippen molar-refractivity contribution < 1.29 is 4.79 Å². The second-order valence-electron chi connectivity index (χ2n) is 11.5. The summed E-state index contributed by atoms with van der Waals surface area (Å²) in [5, 5.41) is 4.07. The number of aryl methyl sites for hydroxylation is 1. The van der Waals surface area contributed by atoms with Gasteiger partial charge in [-0.15, -0.1) is 0 Å². The molecule has 3 aromatic rings. The predicted molar refractivity (Wildman–Crippen MR) is 142 cm³/mol. The van der Waals surface area contributed by atoms with E-state index in [1.54, 1.807) is 0 Å². The van der Waals surface area contributed by atoms with E-state index in [0.717, 1.165) is 79.5 Å². The molecule has 0 spiro atoms. The number of nitrogens with zero attached hydrogens (tertiary/aromatic N) is 1. The lowest BCUT2D eigenvalue weighted by Gasteiger charge is -2.56. The molecule has 0 radical (unpaired) electrons. The van der Waals surface area contributed by atoms with Crippen molar-refractivity contribution in [1.82, 2.24) is 9.88 Å². The molecule has 4 nitrogen and oxygen atoms in total. The molecule has 4 bridgehead atoms. The van der Waals surface area contributed by atoms with E-state index >= 15 is 0 Å². The number of pyridine rings is 1. The van der Waals surface area contributed by atoms with Crippen molar-refractivity contribution in [3.8, 4) is 11.1 Å². The highest BCUT2D eigenvalue weighted by Crippen LogP contribution is 2.55. The summed E-state index contributed by atoms with van der Waals surface area (Å²) >= 11 is 0. The molecule has 4 aliphatic carbocycles. The molecule has 0 atom stereocenters. The molecule has 2 aromatic carbocycles. The average Bonchev–Trinajstić information content (AvgIpc) is 2.84. The molecule has 35 heavy (non-hydrogen) atoms. The minimum absolute atomic E-state index is 0.105. The van der Waals surface area contributed by atoms with Gasteiger partial charge in [-0.25, -0.2) is 0 Å². The van der Waals surface area contributed by atoms with Crippen molar-refractivity contribution in [2.75, 3.05) is 0 Å². The quantitative estimate of drug-likeness (QED) is 0.399. The molecule has 0 saturated heterocycles. The minimum atomic E-state index is -0.173. The van der Waals surface area contributed by atoms with Crippen LogP contribution in [0.25, 0.3) is 22.0 Å². The fourth-order valence-electron chi connectivity index (χ4n) is 7.75. The summed E-state index contributed by atoms with van der Waals surface area (Å²) in [5.41, 5.74) is 3.12. The van der Waals surface area contributed by atoms with Crippen LogP contribution < -0.4 is 10.7 Å². The highest BCUT2D eigenvalue weighted by molar-refractivity contribution is 6.01. The predicted octanol–water partition coefficient (Wildman–Crippen LogP) is 6.56. The summed E-state index contributed by atoms with van der Waals surface area (Å²) in [6.07, 6.45) is 12.4.